The molecule has 1 atom stereocenters. The van der Waals surface area contributed by atoms with Crippen LogP contribution in [0.2, 0.25) is 0 Å². The van der Waals surface area contributed by atoms with Gasteiger partial charge in [-0.1, -0.05) is 48.5 Å². The molecule has 4 heterocycles. The molecule has 5 heteroatoms. The van der Waals surface area contributed by atoms with Crippen LogP contribution >= 0.6 is 0 Å². The second-order valence-electron chi connectivity index (χ2n) is 10.5. The van der Waals surface area contributed by atoms with Crippen molar-refractivity contribution in [2.45, 2.75) is 78.4 Å². The zero-order valence-corrected chi connectivity index (χ0v) is 19.0. The third kappa shape index (κ3) is 2.83. The summed E-state index contributed by atoms with van der Waals surface area (Å²) in [5.41, 5.74) is 7.35. The lowest BCUT2D eigenvalue weighted by Crippen LogP contribution is -2.19. The highest BCUT2D eigenvalue weighted by atomic mass is 16.5. The smallest absolute Gasteiger partial charge is 0.148 e. The molecule has 0 saturated heterocycles. The van der Waals surface area contributed by atoms with Gasteiger partial charge < -0.3 is 4.74 Å². The van der Waals surface area contributed by atoms with Gasteiger partial charge in [0.25, 0.3) is 0 Å². The Hall–Kier alpha value is -2.53. The number of hydrogen-bond acceptors (Lipinski definition) is 4. The largest absolute Gasteiger partial charge is 0.369 e. The van der Waals surface area contributed by atoms with E-state index < -0.39 is 0 Å². The summed E-state index contributed by atoms with van der Waals surface area (Å²) in [4.78, 5) is 15.0. The van der Waals surface area contributed by atoms with E-state index in [1.165, 1.54) is 11.1 Å². The minimum Gasteiger partial charge on any atom is -0.369 e. The highest BCUT2D eigenvalue weighted by Gasteiger charge is 2.27. The molecule has 0 bridgehead atoms. The van der Waals surface area contributed by atoms with Crippen LogP contribution in [0.4, 0.5) is 0 Å². The van der Waals surface area contributed by atoms with Crippen LogP contribution in [0.3, 0.4) is 0 Å². The van der Waals surface area contributed by atoms with Crippen LogP contribution in [0.5, 0.6) is 0 Å². The molecular formula is C25H30N4O. The highest BCUT2D eigenvalue weighted by molar-refractivity contribution is 5.97. The number of benzene rings is 1. The number of pyridine rings is 1. The van der Waals surface area contributed by atoms with Crippen LogP contribution in [-0.2, 0) is 22.2 Å². The normalized spacial score (nSPS) is 17.4. The fourth-order valence-electron chi connectivity index (χ4n) is 4.41. The third-order valence-electron chi connectivity index (χ3n) is 6.07. The van der Waals surface area contributed by atoms with Crippen molar-refractivity contribution in [1.82, 2.24) is 19.4 Å². The lowest BCUT2D eigenvalue weighted by Gasteiger charge is -2.21. The van der Waals surface area contributed by atoms with Gasteiger partial charge in [0.05, 0.1) is 35.5 Å². The Morgan fingerprint density at radius 1 is 1.00 bits per heavy atom. The average Bonchev–Trinajstić information content (AvgIpc) is 3.24. The molecule has 5 rings (SSSR count). The summed E-state index contributed by atoms with van der Waals surface area (Å²) in [5, 5.41) is 1.08. The second kappa shape index (κ2) is 6.24. The van der Waals surface area contributed by atoms with Crippen molar-refractivity contribution in [3.63, 3.8) is 0 Å². The molecule has 0 amide bonds. The Bertz CT molecular complexity index is 1300. The van der Waals surface area contributed by atoms with E-state index in [0.717, 1.165) is 45.5 Å². The molecule has 3 aromatic heterocycles. The Balaban J connectivity index is 1.90. The molecule has 0 fully saturated rings. The molecule has 1 unspecified atom stereocenters. The van der Waals surface area contributed by atoms with E-state index in [-0.39, 0.29) is 16.9 Å². The summed E-state index contributed by atoms with van der Waals surface area (Å²) >= 11 is 0. The van der Waals surface area contributed by atoms with Crippen LogP contribution in [0, 0.1) is 0 Å². The number of hydrogen-bond donors (Lipinski definition) is 0. The van der Waals surface area contributed by atoms with Crippen molar-refractivity contribution in [2.75, 3.05) is 0 Å². The third-order valence-corrected chi connectivity index (χ3v) is 6.07. The molecule has 156 valence electrons. The maximum absolute atomic E-state index is 6.00. The number of rotatable bonds is 1. The SMILES string of the molecule is CCC1OCc2cc3c(cc21)nc(C(C)(C)C)n1c2cnc(C(C)(C)C)cc2nc31. The first-order chi connectivity index (χ1) is 14.1. The zero-order valence-electron chi connectivity index (χ0n) is 19.0. The summed E-state index contributed by atoms with van der Waals surface area (Å²) in [6.07, 6.45) is 3.10. The predicted octanol–water partition coefficient (Wildman–Crippen LogP) is 6.01. The minimum absolute atomic E-state index is 0.0233. The molecular weight excluding hydrogens is 372 g/mol. The van der Waals surface area contributed by atoms with Gasteiger partial charge in [0.1, 0.15) is 11.5 Å². The van der Waals surface area contributed by atoms with Gasteiger partial charge in [-0.05, 0) is 35.7 Å². The van der Waals surface area contributed by atoms with Crippen LogP contribution < -0.4 is 0 Å². The zero-order chi connectivity index (χ0) is 21.4. The van der Waals surface area contributed by atoms with Crippen LogP contribution in [-0.4, -0.2) is 19.4 Å². The average molecular weight is 403 g/mol. The summed E-state index contributed by atoms with van der Waals surface area (Å²) in [7, 11) is 0. The van der Waals surface area contributed by atoms with Crippen molar-refractivity contribution >= 4 is 27.6 Å². The summed E-state index contributed by atoms with van der Waals surface area (Å²) in [6, 6.07) is 6.59. The van der Waals surface area contributed by atoms with Crippen LogP contribution in [0.25, 0.3) is 27.6 Å². The number of imidazole rings is 1. The van der Waals surface area contributed by atoms with Crippen molar-refractivity contribution in [3.8, 4) is 0 Å². The molecule has 1 aliphatic heterocycles. The van der Waals surface area contributed by atoms with Gasteiger partial charge in [0, 0.05) is 21.9 Å². The number of aromatic nitrogens is 4. The van der Waals surface area contributed by atoms with Crippen LogP contribution in [0.1, 0.15) is 83.6 Å². The van der Waals surface area contributed by atoms with Gasteiger partial charge in [0.2, 0.25) is 0 Å². The van der Waals surface area contributed by atoms with Crippen LogP contribution in [0.15, 0.2) is 24.4 Å². The number of fused-ring (bicyclic) bond motifs is 6. The van der Waals surface area contributed by atoms with Gasteiger partial charge in [0.15, 0.2) is 0 Å². The standard InChI is InChI=1S/C25H30N4O/c1-8-20-15-10-17-16(9-14(15)13-30-20)22-27-18-11-21(24(2,3)4)26-12-19(18)29(22)23(28-17)25(5,6)7/h9-12,20H,8,13H2,1-7H3. The van der Waals surface area contributed by atoms with E-state index in [4.69, 9.17) is 19.7 Å². The van der Waals surface area contributed by atoms with Gasteiger partial charge in [-0.15, -0.1) is 0 Å². The first kappa shape index (κ1) is 19.4. The molecule has 4 aromatic rings. The molecule has 30 heavy (non-hydrogen) atoms. The fourth-order valence-corrected chi connectivity index (χ4v) is 4.41. The van der Waals surface area contributed by atoms with E-state index in [0.29, 0.717) is 6.61 Å². The van der Waals surface area contributed by atoms with Crippen molar-refractivity contribution in [1.29, 1.82) is 0 Å². The molecule has 1 aromatic carbocycles. The Kier molecular flexibility index (Phi) is 4.04. The van der Waals surface area contributed by atoms with Gasteiger partial charge >= 0.3 is 0 Å². The lowest BCUT2D eigenvalue weighted by atomic mass is 9.91. The maximum Gasteiger partial charge on any atom is 0.148 e. The molecule has 0 aliphatic carbocycles. The van der Waals surface area contributed by atoms with E-state index in [9.17, 15) is 0 Å². The molecule has 5 nitrogen and oxygen atoms in total. The molecule has 0 saturated carbocycles. The first-order valence-corrected chi connectivity index (χ1v) is 10.8. The molecule has 0 spiro atoms. The summed E-state index contributed by atoms with van der Waals surface area (Å²) < 4.78 is 8.21. The predicted molar refractivity (Wildman–Crippen MR) is 121 cm³/mol. The van der Waals surface area contributed by atoms with E-state index >= 15 is 0 Å². The Labute approximate surface area is 177 Å². The van der Waals surface area contributed by atoms with Gasteiger partial charge in [-0.3, -0.25) is 9.38 Å². The topological polar surface area (TPSA) is 52.3 Å². The number of ether oxygens (including phenoxy) is 1. The van der Waals surface area contributed by atoms with Gasteiger partial charge in [-0.2, -0.15) is 0 Å². The van der Waals surface area contributed by atoms with Crippen molar-refractivity contribution in [3.05, 3.63) is 47.0 Å². The number of nitrogens with zero attached hydrogens (tertiary/aromatic N) is 4. The van der Waals surface area contributed by atoms with Crippen molar-refractivity contribution < 1.29 is 4.74 Å². The minimum atomic E-state index is -0.136. The van der Waals surface area contributed by atoms with E-state index in [1.807, 2.05) is 6.20 Å². The first-order valence-electron chi connectivity index (χ1n) is 10.8. The van der Waals surface area contributed by atoms with E-state index in [1.54, 1.807) is 0 Å². The Morgan fingerprint density at radius 3 is 2.43 bits per heavy atom. The lowest BCUT2D eigenvalue weighted by molar-refractivity contribution is 0.0637. The highest BCUT2D eigenvalue weighted by Crippen LogP contribution is 2.38. The van der Waals surface area contributed by atoms with Crippen molar-refractivity contribution in [2.24, 2.45) is 0 Å². The summed E-state index contributed by atoms with van der Waals surface area (Å²) in [5.74, 6) is 1.00. The quantitative estimate of drug-likeness (QED) is 0.391. The molecule has 0 radical (unpaired) electrons. The van der Waals surface area contributed by atoms with E-state index in [2.05, 4.69) is 71.1 Å². The van der Waals surface area contributed by atoms with Gasteiger partial charge in [-0.25, -0.2) is 9.97 Å². The molecule has 0 N–H and O–H groups in total. The Morgan fingerprint density at radius 2 is 1.77 bits per heavy atom. The monoisotopic (exact) mass is 402 g/mol. The maximum atomic E-state index is 6.00. The summed E-state index contributed by atoms with van der Waals surface area (Å²) in [6.45, 7) is 16.0. The fraction of sp³-hybridized carbons (Fsp3) is 0.480. The second-order valence-corrected chi connectivity index (χ2v) is 10.5. The molecule has 1 aliphatic rings.